The van der Waals surface area contributed by atoms with Crippen LogP contribution < -0.4 is 5.32 Å². The average Bonchev–Trinajstić information content (AvgIpc) is 2.65. The Balaban J connectivity index is 1.68. The molecular weight excluding hydrogens is 316 g/mol. The molecule has 0 bridgehead atoms. The molecule has 25 heavy (non-hydrogen) atoms. The molecule has 0 spiro atoms. The third kappa shape index (κ3) is 6.46. The molecule has 0 aliphatic carbocycles. The molecule has 1 amide bonds. The van der Waals surface area contributed by atoms with E-state index >= 15 is 0 Å². The van der Waals surface area contributed by atoms with Crippen LogP contribution in [0.15, 0.2) is 24.3 Å². The largest absolute Gasteiger partial charge is 0.396 e. The molecule has 6 heteroatoms. The molecule has 1 fully saturated rings. The second-order valence-corrected chi connectivity index (χ2v) is 6.62. The van der Waals surface area contributed by atoms with Gasteiger partial charge in [0.15, 0.2) is 0 Å². The second-order valence-electron chi connectivity index (χ2n) is 6.62. The van der Waals surface area contributed by atoms with Gasteiger partial charge in [-0.15, -0.1) is 0 Å². The van der Waals surface area contributed by atoms with Crippen molar-refractivity contribution >= 4 is 11.6 Å². The van der Waals surface area contributed by atoms with Gasteiger partial charge in [0.25, 0.3) is 0 Å². The Labute approximate surface area is 150 Å². The summed E-state index contributed by atoms with van der Waals surface area (Å²) in [4.78, 5) is 16.8. The maximum atomic E-state index is 12.1. The highest BCUT2D eigenvalue weighted by Gasteiger charge is 2.22. The number of piperidine rings is 1. The van der Waals surface area contributed by atoms with Crippen LogP contribution in [0.25, 0.3) is 0 Å². The summed E-state index contributed by atoms with van der Waals surface area (Å²) in [6, 6.07) is 9.62. The first-order chi connectivity index (χ1) is 12.1. The topological polar surface area (TPSA) is 79.6 Å². The van der Waals surface area contributed by atoms with Crippen molar-refractivity contribution in [1.29, 1.82) is 5.26 Å². The van der Waals surface area contributed by atoms with E-state index in [1.165, 1.54) is 0 Å². The minimum absolute atomic E-state index is 0.0164. The monoisotopic (exact) mass is 344 g/mol. The fourth-order valence-electron chi connectivity index (χ4n) is 3.24. The van der Waals surface area contributed by atoms with Gasteiger partial charge in [-0.2, -0.15) is 5.26 Å². The molecule has 1 aromatic carbocycles. The molecule has 1 saturated heterocycles. The van der Waals surface area contributed by atoms with Crippen molar-refractivity contribution < 1.29 is 9.90 Å². The lowest BCUT2D eigenvalue weighted by Crippen LogP contribution is -2.44. The van der Waals surface area contributed by atoms with Crippen LogP contribution >= 0.6 is 0 Å². The van der Waals surface area contributed by atoms with Crippen LogP contribution in [0.2, 0.25) is 0 Å². The summed E-state index contributed by atoms with van der Waals surface area (Å²) in [5, 5.41) is 20.7. The number of hydrogen-bond donors (Lipinski definition) is 2. The van der Waals surface area contributed by atoms with Gasteiger partial charge in [0.2, 0.25) is 5.91 Å². The highest BCUT2D eigenvalue weighted by molar-refractivity contribution is 5.90. The summed E-state index contributed by atoms with van der Waals surface area (Å²) in [6.07, 6.45) is 3.49. The molecule has 1 aliphatic rings. The summed E-state index contributed by atoms with van der Waals surface area (Å²) in [5.74, 6) is -0.0164. The van der Waals surface area contributed by atoms with Gasteiger partial charge in [0.1, 0.15) is 0 Å². The lowest BCUT2D eigenvalue weighted by atomic mass is 10.0. The van der Waals surface area contributed by atoms with E-state index in [-0.39, 0.29) is 12.5 Å². The predicted molar refractivity (Wildman–Crippen MR) is 98.2 cm³/mol. The smallest absolute Gasteiger partial charge is 0.225 e. The number of benzene rings is 1. The molecule has 1 aliphatic heterocycles. The van der Waals surface area contributed by atoms with Crippen molar-refractivity contribution in [2.75, 3.05) is 45.2 Å². The minimum atomic E-state index is -0.0164. The number of carbonyl (C=O) groups excluding carboxylic acids is 1. The second kappa shape index (κ2) is 10.1. The van der Waals surface area contributed by atoms with Crippen LogP contribution in [0.1, 0.15) is 31.2 Å². The van der Waals surface area contributed by atoms with Crippen molar-refractivity contribution in [2.45, 2.75) is 31.7 Å². The summed E-state index contributed by atoms with van der Waals surface area (Å²) in [5.41, 5.74) is 1.22. The van der Waals surface area contributed by atoms with E-state index < -0.39 is 0 Å². The van der Waals surface area contributed by atoms with Crippen molar-refractivity contribution in [1.82, 2.24) is 9.80 Å². The molecule has 136 valence electrons. The molecule has 0 atom stereocenters. The fraction of sp³-hybridized carbons (Fsp3) is 0.579. The van der Waals surface area contributed by atoms with Crippen LogP contribution in [0.5, 0.6) is 0 Å². The van der Waals surface area contributed by atoms with Gasteiger partial charge in [0, 0.05) is 37.8 Å². The number of anilines is 1. The van der Waals surface area contributed by atoms with Crippen LogP contribution in [0.4, 0.5) is 5.69 Å². The van der Waals surface area contributed by atoms with Gasteiger partial charge >= 0.3 is 0 Å². The molecule has 2 rings (SSSR count). The number of likely N-dealkylation sites (tertiary alicyclic amines) is 1. The number of hydrogen-bond acceptors (Lipinski definition) is 5. The quantitative estimate of drug-likeness (QED) is 0.750. The first kappa shape index (κ1) is 19.4. The zero-order valence-corrected chi connectivity index (χ0v) is 14.9. The van der Waals surface area contributed by atoms with Crippen molar-refractivity contribution in [3.63, 3.8) is 0 Å². The lowest BCUT2D eigenvalue weighted by Gasteiger charge is -2.36. The van der Waals surface area contributed by atoms with Crippen molar-refractivity contribution in [3.05, 3.63) is 29.8 Å². The first-order valence-corrected chi connectivity index (χ1v) is 8.96. The van der Waals surface area contributed by atoms with E-state index in [2.05, 4.69) is 28.2 Å². The van der Waals surface area contributed by atoms with E-state index in [0.717, 1.165) is 45.4 Å². The van der Waals surface area contributed by atoms with Crippen LogP contribution in [0.3, 0.4) is 0 Å². The van der Waals surface area contributed by atoms with Crippen molar-refractivity contribution in [2.24, 2.45) is 0 Å². The molecule has 0 unspecified atom stereocenters. The lowest BCUT2D eigenvalue weighted by molar-refractivity contribution is -0.116. The molecular formula is C19H28N4O2. The van der Waals surface area contributed by atoms with Gasteiger partial charge in [-0.25, -0.2) is 0 Å². The predicted octanol–water partition coefficient (Wildman–Crippen LogP) is 1.67. The molecule has 0 saturated carbocycles. The summed E-state index contributed by atoms with van der Waals surface area (Å²) >= 11 is 0. The molecule has 1 aromatic rings. The first-order valence-electron chi connectivity index (χ1n) is 8.96. The van der Waals surface area contributed by atoms with E-state index in [1.807, 2.05) is 0 Å². The third-order valence-corrected chi connectivity index (χ3v) is 4.78. The minimum Gasteiger partial charge on any atom is -0.396 e. The summed E-state index contributed by atoms with van der Waals surface area (Å²) in [7, 11) is 2.12. The Morgan fingerprint density at radius 3 is 2.88 bits per heavy atom. The summed E-state index contributed by atoms with van der Waals surface area (Å²) < 4.78 is 0. The maximum Gasteiger partial charge on any atom is 0.225 e. The number of nitrogens with zero attached hydrogens (tertiary/aromatic N) is 3. The summed E-state index contributed by atoms with van der Waals surface area (Å²) in [6.45, 7) is 3.95. The van der Waals surface area contributed by atoms with Gasteiger partial charge < -0.3 is 20.2 Å². The number of nitrogens with one attached hydrogen (secondary N) is 1. The Morgan fingerprint density at radius 2 is 2.20 bits per heavy atom. The number of amides is 1. The Hall–Kier alpha value is -1.94. The Morgan fingerprint density at radius 1 is 1.44 bits per heavy atom. The van der Waals surface area contributed by atoms with Gasteiger partial charge in [-0.05, 0) is 57.6 Å². The van der Waals surface area contributed by atoms with E-state index in [4.69, 9.17) is 10.4 Å². The standard InChI is InChI=1S/C19H28N4O2/c1-22(9-3-13-24)18-6-10-23(11-7-18)12-8-19(25)21-17-5-2-4-16(14-17)15-20/h2,4-5,14,18,24H,3,6-13H2,1H3,(H,21,25). The van der Waals surface area contributed by atoms with Crippen LogP contribution in [-0.4, -0.2) is 66.7 Å². The SMILES string of the molecule is CN(CCCO)C1CCN(CCC(=O)Nc2cccc(C#N)c2)CC1. The molecule has 1 heterocycles. The zero-order valence-electron chi connectivity index (χ0n) is 14.9. The molecule has 2 N–H and O–H groups in total. The van der Waals surface area contributed by atoms with Crippen molar-refractivity contribution in [3.8, 4) is 6.07 Å². The highest BCUT2D eigenvalue weighted by atomic mass is 16.3. The fourth-order valence-corrected chi connectivity index (χ4v) is 3.24. The molecule has 0 radical (unpaired) electrons. The van der Waals surface area contributed by atoms with Gasteiger partial charge in [0.05, 0.1) is 11.6 Å². The number of nitriles is 1. The van der Waals surface area contributed by atoms with Gasteiger partial charge in [-0.1, -0.05) is 6.07 Å². The maximum absolute atomic E-state index is 12.1. The number of rotatable bonds is 8. The highest BCUT2D eigenvalue weighted by Crippen LogP contribution is 2.16. The molecule has 0 aromatic heterocycles. The van der Waals surface area contributed by atoms with E-state index in [0.29, 0.717) is 23.7 Å². The van der Waals surface area contributed by atoms with Crippen LogP contribution in [-0.2, 0) is 4.79 Å². The Bertz CT molecular complexity index is 591. The van der Waals surface area contributed by atoms with Crippen LogP contribution in [0, 0.1) is 11.3 Å². The van der Waals surface area contributed by atoms with E-state index in [1.54, 1.807) is 24.3 Å². The Kier molecular flexibility index (Phi) is 7.86. The normalized spacial score (nSPS) is 15.9. The number of aliphatic hydroxyl groups is 1. The average molecular weight is 344 g/mol. The molecule has 6 nitrogen and oxygen atoms in total. The van der Waals surface area contributed by atoms with E-state index in [9.17, 15) is 4.79 Å². The number of carbonyl (C=O) groups is 1. The zero-order chi connectivity index (χ0) is 18.1. The number of aliphatic hydroxyl groups excluding tert-OH is 1. The third-order valence-electron chi connectivity index (χ3n) is 4.78. The van der Waals surface area contributed by atoms with Gasteiger partial charge in [-0.3, -0.25) is 4.79 Å².